The van der Waals surface area contributed by atoms with E-state index in [0.717, 1.165) is 6.42 Å². The van der Waals surface area contributed by atoms with Crippen LogP contribution in [0, 0.1) is 65.7 Å². The van der Waals surface area contributed by atoms with Crippen LogP contribution in [0.5, 0.6) is 0 Å². The Hall–Kier alpha value is 0.727. The van der Waals surface area contributed by atoms with Crippen molar-refractivity contribution < 1.29 is 37.3 Å². The van der Waals surface area contributed by atoms with Gasteiger partial charge in [0.1, 0.15) is 0 Å². The second-order valence-corrected chi connectivity index (χ2v) is 1.00. The molecule has 0 N–H and O–H groups in total. The van der Waals surface area contributed by atoms with Crippen molar-refractivity contribution in [3.8, 4) is 0 Å². The zero-order valence-corrected chi connectivity index (χ0v) is 8.08. The summed E-state index contributed by atoms with van der Waals surface area (Å²) in [4.78, 5) is 0. The number of rotatable bonds is 0. The average molecular weight is 277 g/mol. The zero-order chi connectivity index (χ0) is 3.54. The van der Waals surface area contributed by atoms with Gasteiger partial charge in [0.2, 0.25) is 0 Å². The molecule has 0 bridgehead atoms. The molecule has 1 aliphatic rings. The van der Waals surface area contributed by atoms with Gasteiger partial charge in [0.05, 0.1) is 0 Å². The molecule has 0 nitrogen and oxygen atoms in total. The third-order valence-corrected chi connectivity index (χ3v) is 0.586. The Labute approximate surface area is 89.6 Å². The summed E-state index contributed by atoms with van der Waals surface area (Å²) in [5, 5.41) is 0. The van der Waals surface area contributed by atoms with E-state index in [1.807, 2.05) is 12.2 Å². The van der Waals surface area contributed by atoms with Crippen molar-refractivity contribution in [2.45, 2.75) is 6.42 Å². The molecule has 1 aliphatic carbocycles. The van der Waals surface area contributed by atoms with E-state index in [0.29, 0.717) is 0 Å². The van der Waals surface area contributed by atoms with Crippen LogP contribution in [0.2, 0.25) is 0 Å². The van der Waals surface area contributed by atoms with Crippen LogP contribution in [0.3, 0.4) is 0 Å². The Morgan fingerprint density at radius 1 is 1.11 bits per heavy atom. The maximum atomic E-state index is 2.99. The third-order valence-electron chi connectivity index (χ3n) is 0.586. The zero-order valence-electron chi connectivity index (χ0n) is 6.23. The number of hydrogen-bond donors (Lipinski definition) is 0. The molecule has 0 saturated heterocycles. The van der Waals surface area contributed by atoms with Crippen LogP contribution in [-0.4, -0.2) is 0 Å². The Morgan fingerprint density at radius 3 is 1.78 bits per heavy atom. The normalized spacial score (nSPS) is 9.78. The molecule has 0 aromatic rings. The minimum atomic E-state index is 0. The predicted molar refractivity (Wildman–Crippen MR) is 40.8 cm³/mol. The van der Waals surface area contributed by atoms with Crippen LogP contribution in [0.4, 0.5) is 0 Å². The first-order valence-corrected chi connectivity index (χ1v) is 1.72. The summed E-state index contributed by atoms with van der Waals surface area (Å²) in [7, 11) is 0. The van der Waals surface area contributed by atoms with Crippen molar-refractivity contribution in [2.24, 2.45) is 0 Å². The summed E-state index contributed by atoms with van der Waals surface area (Å²) in [6.07, 6.45) is 10.0. The van der Waals surface area contributed by atoms with E-state index >= 15 is 0 Å². The van der Waals surface area contributed by atoms with Crippen molar-refractivity contribution in [1.82, 2.24) is 0 Å². The monoisotopic (exact) mass is 276 g/mol. The van der Waals surface area contributed by atoms with Gasteiger partial charge < -0.3 is 22.3 Å². The molecule has 9 heavy (non-hydrogen) atoms. The van der Waals surface area contributed by atoms with Crippen molar-refractivity contribution in [3.05, 3.63) is 46.6 Å². The van der Waals surface area contributed by atoms with Crippen LogP contribution in [0.1, 0.15) is 6.42 Å². The van der Waals surface area contributed by atoms with Gasteiger partial charge in [-0.25, -0.2) is 12.2 Å². The molecule has 0 aromatic carbocycles. The molecule has 0 unspecified atom stereocenters. The maximum absolute atomic E-state index is 2.99. The van der Waals surface area contributed by atoms with E-state index in [-0.39, 0.29) is 59.6 Å². The fourth-order valence-corrected chi connectivity index (χ4v) is 0.340. The standard InChI is InChI=1S/C5H5.3CH3.Er/c1-2-4-5-3-1;;;;/h1-3H,4H2;3*1H3;/q4*-1;. The van der Waals surface area contributed by atoms with E-state index < -0.39 is 0 Å². The second kappa shape index (κ2) is 15.9. The molecule has 0 spiro atoms. The molecular weight excluding hydrogens is 263 g/mol. The first-order valence-electron chi connectivity index (χ1n) is 1.72. The smallest absolute Gasteiger partial charge is 0 e. The van der Waals surface area contributed by atoms with Gasteiger partial charge in [0.25, 0.3) is 0 Å². The quantitative estimate of drug-likeness (QED) is 0.597. The van der Waals surface area contributed by atoms with E-state index in [9.17, 15) is 0 Å². The van der Waals surface area contributed by atoms with Gasteiger partial charge in [-0.05, 0) is 0 Å². The maximum Gasteiger partial charge on any atom is 0 e. The molecule has 0 aliphatic heterocycles. The van der Waals surface area contributed by atoms with Crippen LogP contribution in [0.15, 0.2) is 18.2 Å². The number of hydrogen-bond acceptors (Lipinski definition) is 0. The van der Waals surface area contributed by atoms with Gasteiger partial charge in [-0.3, -0.25) is 6.08 Å². The summed E-state index contributed by atoms with van der Waals surface area (Å²) >= 11 is 0. The van der Waals surface area contributed by atoms with Crippen molar-refractivity contribution >= 4 is 0 Å². The van der Waals surface area contributed by atoms with Crippen molar-refractivity contribution in [1.29, 1.82) is 0 Å². The van der Waals surface area contributed by atoms with Crippen molar-refractivity contribution in [3.63, 3.8) is 0 Å². The van der Waals surface area contributed by atoms with E-state index in [1.54, 1.807) is 0 Å². The minimum Gasteiger partial charge on any atom is -0.358 e. The van der Waals surface area contributed by atoms with E-state index in [2.05, 4.69) is 12.2 Å². The fourth-order valence-electron chi connectivity index (χ4n) is 0.340. The molecule has 0 amide bonds. The average Bonchev–Trinajstić information content (AvgIpc) is 1.76. The molecule has 0 aromatic heterocycles. The Balaban J connectivity index is -0.0000000312. The van der Waals surface area contributed by atoms with Crippen molar-refractivity contribution in [2.75, 3.05) is 0 Å². The van der Waals surface area contributed by atoms with Crippen LogP contribution in [-0.2, 0) is 0 Å². The largest absolute Gasteiger partial charge is 0.358 e. The SMILES string of the molecule is [C-]1=CC=CC1.[CH3-].[CH3-].[CH3-].[Er]. The molecule has 1 heteroatoms. The molecule has 0 atom stereocenters. The van der Waals surface area contributed by atoms with Gasteiger partial charge >= 0.3 is 0 Å². The Kier molecular flexibility index (Phi) is 39.9. The van der Waals surface area contributed by atoms with Gasteiger partial charge in [-0.15, -0.1) is 6.42 Å². The summed E-state index contributed by atoms with van der Waals surface area (Å²) < 4.78 is 0. The molecule has 0 fully saturated rings. The predicted octanol–water partition coefficient (Wildman–Crippen LogP) is 2.66. The van der Waals surface area contributed by atoms with E-state index in [1.165, 1.54) is 0 Å². The Bertz CT molecular complexity index is 62.6. The summed E-state index contributed by atoms with van der Waals surface area (Å²) in [6, 6.07) is 0. The molecule has 0 saturated carbocycles. The van der Waals surface area contributed by atoms with Crippen LogP contribution < -0.4 is 0 Å². The first-order chi connectivity index (χ1) is 2.50. The second-order valence-electron chi connectivity index (χ2n) is 1.00. The van der Waals surface area contributed by atoms with Gasteiger partial charge in [0.15, 0.2) is 0 Å². The van der Waals surface area contributed by atoms with Crippen LogP contribution >= 0.6 is 0 Å². The van der Waals surface area contributed by atoms with Gasteiger partial charge in [-0.2, -0.15) is 6.08 Å². The van der Waals surface area contributed by atoms with E-state index in [4.69, 9.17) is 0 Å². The van der Waals surface area contributed by atoms with Gasteiger partial charge in [0, 0.05) is 37.3 Å². The topological polar surface area (TPSA) is 0 Å². The third kappa shape index (κ3) is 12.0. The minimum absolute atomic E-state index is 0. The Morgan fingerprint density at radius 2 is 1.67 bits per heavy atom. The summed E-state index contributed by atoms with van der Waals surface area (Å²) in [6.45, 7) is 0. The molecule has 1 rings (SSSR count). The molecule has 0 radical (unpaired) electrons. The summed E-state index contributed by atoms with van der Waals surface area (Å²) in [5.74, 6) is 0. The number of allylic oxidation sites excluding steroid dienone is 4. The fraction of sp³-hybridized carbons (Fsp3) is 0.125. The summed E-state index contributed by atoms with van der Waals surface area (Å²) in [5.41, 5.74) is 0. The first kappa shape index (κ1) is 22.6. The molecule has 62 valence electrons. The van der Waals surface area contributed by atoms with Gasteiger partial charge in [-0.1, -0.05) is 0 Å². The molecule has 0 heterocycles. The van der Waals surface area contributed by atoms with Crippen LogP contribution in [0.25, 0.3) is 0 Å². The molecular formula is C8H14Er-4.